The number of likely N-dealkylation sites (N-methyl/N-ethyl adjacent to an activating group) is 1. The van der Waals surface area contributed by atoms with E-state index >= 15 is 0 Å². The molecule has 5 heteroatoms. The highest BCUT2D eigenvalue weighted by atomic mass is 16.3. The fourth-order valence-electron chi connectivity index (χ4n) is 2.47. The molecule has 0 heterocycles. The van der Waals surface area contributed by atoms with Crippen LogP contribution >= 0.6 is 0 Å². The van der Waals surface area contributed by atoms with Gasteiger partial charge in [0.05, 0.1) is 12.1 Å². The Morgan fingerprint density at radius 2 is 1.57 bits per heavy atom. The zero-order valence-electron chi connectivity index (χ0n) is 12.9. The van der Waals surface area contributed by atoms with Gasteiger partial charge in [0.2, 0.25) is 5.91 Å². The molecule has 2 aromatic carbocycles. The third kappa shape index (κ3) is 4.17. The Labute approximate surface area is 135 Å². The van der Waals surface area contributed by atoms with E-state index in [2.05, 4.69) is 0 Å². The van der Waals surface area contributed by atoms with Crippen LogP contribution in [-0.2, 0) is 4.79 Å². The van der Waals surface area contributed by atoms with Gasteiger partial charge in [-0.05, 0) is 17.7 Å². The standard InChI is InChI=1S/C18H20N2O3/c1-20(18(23)14-10-6-3-7-11-14)15(12-16(19)21)17(22)13-8-4-2-5-9-13/h2-11,15,17,22H,12H2,1H3,(H2,19,21). The average molecular weight is 312 g/mol. The summed E-state index contributed by atoms with van der Waals surface area (Å²) in [4.78, 5) is 25.3. The van der Waals surface area contributed by atoms with Gasteiger partial charge in [0.25, 0.3) is 5.91 Å². The maximum absolute atomic E-state index is 12.6. The molecule has 0 aliphatic heterocycles. The van der Waals surface area contributed by atoms with Gasteiger partial charge in [-0.2, -0.15) is 0 Å². The van der Waals surface area contributed by atoms with Crippen LogP contribution in [0, 0.1) is 0 Å². The molecule has 0 aromatic heterocycles. The number of hydrogen-bond donors (Lipinski definition) is 2. The van der Waals surface area contributed by atoms with Crippen LogP contribution < -0.4 is 5.73 Å². The summed E-state index contributed by atoms with van der Waals surface area (Å²) >= 11 is 0. The predicted molar refractivity (Wildman–Crippen MR) is 87.5 cm³/mol. The molecule has 0 saturated heterocycles. The maximum Gasteiger partial charge on any atom is 0.253 e. The summed E-state index contributed by atoms with van der Waals surface area (Å²) in [6, 6.07) is 16.9. The summed E-state index contributed by atoms with van der Waals surface area (Å²) in [7, 11) is 1.56. The number of carbonyl (C=O) groups is 2. The van der Waals surface area contributed by atoms with Crippen molar-refractivity contribution in [3.8, 4) is 0 Å². The molecule has 0 bridgehead atoms. The summed E-state index contributed by atoms with van der Waals surface area (Å²) < 4.78 is 0. The van der Waals surface area contributed by atoms with Crippen molar-refractivity contribution in [1.29, 1.82) is 0 Å². The summed E-state index contributed by atoms with van der Waals surface area (Å²) in [5, 5.41) is 10.6. The molecule has 0 fully saturated rings. The second-order valence-corrected chi connectivity index (χ2v) is 5.38. The van der Waals surface area contributed by atoms with Crippen LogP contribution in [0.2, 0.25) is 0 Å². The van der Waals surface area contributed by atoms with E-state index in [-0.39, 0.29) is 12.3 Å². The minimum absolute atomic E-state index is 0.120. The fourth-order valence-corrected chi connectivity index (χ4v) is 2.47. The molecule has 0 spiro atoms. The number of carbonyl (C=O) groups excluding carboxylic acids is 2. The second kappa shape index (κ2) is 7.56. The van der Waals surface area contributed by atoms with Gasteiger partial charge in [-0.1, -0.05) is 48.5 Å². The first-order valence-corrected chi connectivity index (χ1v) is 7.34. The summed E-state index contributed by atoms with van der Waals surface area (Å²) in [6.45, 7) is 0. The van der Waals surface area contributed by atoms with Gasteiger partial charge in [-0.15, -0.1) is 0 Å². The first-order valence-electron chi connectivity index (χ1n) is 7.34. The number of nitrogens with two attached hydrogens (primary N) is 1. The van der Waals surface area contributed by atoms with E-state index in [0.717, 1.165) is 0 Å². The lowest BCUT2D eigenvalue weighted by Crippen LogP contribution is -2.43. The van der Waals surface area contributed by atoms with E-state index in [9.17, 15) is 14.7 Å². The van der Waals surface area contributed by atoms with E-state index in [1.807, 2.05) is 12.1 Å². The maximum atomic E-state index is 12.6. The number of rotatable bonds is 6. The van der Waals surface area contributed by atoms with E-state index in [4.69, 9.17) is 5.73 Å². The molecule has 0 radical (unpaired) electrons. The molecule has 2 unspecified atom stereocenters. The first-order chi connectivity index (χ1) is 11.0. The molecule has 0 aliphatic rings. The lowest BCUT2D eigenvalue weighted by Gasteiger charge is -2.31. The number of benzene rings is 2. The fraction of sp³-hybridized carbons (Fsp3) is 0.222. The van der Waals surface area contributed by atoms with Crippen LogP contribution in [0.15, 0.2) is 60.7 Å². The first kappa shape index (κ1) is 16.7. The zero-order valence-corrected chi connectivity index (χ0v) is 12.9. The Morgan fingerprint density at radius 3 is 2.09 bits per heavy atom. The van der Waals surface area contributed by atoms with Gasteiger partial charge < -0.3 is 15.7 Å². The third-order valence-electron chi connectivity index (χ3n) is 3.75. The zero-order chi connectivity index (χ0) is 16.8. The normalized spacial score (nSPS) is 13.1. The highest BCUT2D eigenvalue weighted by molar-refractivity contribution is 5.94. The van der Waals surface area contributed by atoms with Gasteiger partial charge in [0.15, 0.2) is 0 Å². The van der Waals surface area contributed by atoms with E-state index < -0.39 is 18.1 Å². The van der Waals surface area contributed by atoms with Crippen molar-refractivity contribution >= 4 is 11.8 Å². The largest absolute Gasteiger partial charge is 0.386 e. The van der Waals surface area contributed by atoms with Gasteiger partial charge in [0.1, 0.15) is 0 Å². The molecule has 0 aliphatic carbocycles. The smallest absolute Gasteiger partial charge is 0.253 e. The quantitative estimate of drug-likeness (QED) is 0.852. The van der Waals surface area contributed by atoms with Crippen LogP contribution in [0.5, 0.6) is 0 Å². The summed E-state index contributed by atoms with van der Waals surface area (Å²) in [6.07, 6.45) is -1.12. The van der Waals surface area contributed by atoms with Gasteiger partial charge >= 0.3 is 0 Å². The minimum atomic E-state index is -0.999. The van der Waals surface area contributed by atoms with Crippen molar-refractivity contribution < 1.29 is 14.7 Å². The number of amides is 2. The van der Waals surface area contributed by atoms with Gasteiger partial charge in [-0.3, -0.25) is 9.59 Å². The van der Waals surface area contributed by atoms with Crippen molar-refractivity contribution in [3.05, 3.63) is 71.8 Å². The molecule has 2 aromatic rings. The SMILES string of the molecule is CN(C(=O)c1ccccc1)C(CC(N)=O)C(O)c1ccccc1. The number of aliphatic hydroxyl groups is 1. The Morgan fingerprint density at radius 1 is 1.04 bits per heavy atom. The molecule has 2 rings (SSSR count). The molecule has 120 valence electrons. The van der Waals surface area contributed by atoms with Crippen LogP contribution in [0.25, 0.3) is 0 Å². The van der Waals surface area contributed by atoms with Crippen LogP contribution in [0.1, 0.15) is 28.4 Å². The Kier molecular flexibility index (Phi) is 5.49. The van der Waals surface area contributed by atoms with Crippen molar-refractivity contribution in [2.24, 2.45) is 5.73 Å². The molecular formula is C18H20N2O3. The van der Waals surface area contributed by atoms with Crippen molar-refractivity contribution in [2.45, 2.75) is 18.6 Å². The highest BCUT2D eigenvalue weighted by Crippen LogP contribution is 2.23. The third-order valence-corrected chi connectivity index (χ3v) is 3.75. The second-order valence-electron chi connectivity index (χ2n) is 5.38. The molecular weight excluding hydrogens is 292 g/mol. The lowest BCUT2D eigenvalue weighted by atomic mass is 9.97. The van der Waals surface area contributed by atoms with E-state index in [1.165, 1.54) is 4.90 Å². The van der Waals surface area contributed by atoms with E-state index in [0.29, 0.717) is 11.1 Å². The topological polar surface area (TPSA) is 83.6 Å². The predicted octanol–water partition coefficient (Wildman–Crippen LogP) is 1.74. The summed E-state index contributed by atoms with van der Waals surface area (Å²) in [5.74, 6) is -0.843. The number of hydrogen-bond acceptors (Lipinski definition) is 3. The van der Waals surface area contributed by atoms with Crippen LogP contribution in [-0.4, -0.2) is 34.9 Å². The Balaban J connectivity index is 2.27. The molecule has 23 heavy (non-hydrogen) atoms. The minimum Gasteiger partial charge on any atom is -0.386 e. The molecule has 0 saturated carbocycles. The summed E-state index contributed by atoms with van der Waals surface area (Å²) in [5.41, 5.74) is 6.42. The molecule has 2 atom stereocenters. The van der Waals surface area contributed by atoms with Gasteiger partial charge in [0, 0.05) is 19.0 Å². The molecule has 2 amide bonds. The Hall–Kier alpha value is -2.66. The lowest BCUT2D eigenvalue weighted by molar-refractivity contribution is -0.120. The van der Waals surface area contributed by atoms with Crippen LogP contribution in [0.4, 0.5) is 0 Å². The number of primary amides is 1. The van der Waals surface area contributed by atoms with E-state index in [1.54, 1.807) is 55.6 Å². The van der Waals surface area contributed by atoms with Gasteiger partial charge in [-0.25, -0.2) is 0 Å². The number of aliphatic hydroxyl groups excluding tert-OH is 1. The highest BCUT2D eigenvalue weighted by Gasteiger charge is 2.30. The molecule has 5 nitrogen and oxygen atoms in total. The van der Waals surface area contributed by atoms with Crippen LogP contribution in [0.3, 0.4) is 0 Å². The van der Waals surface area contributed by atoms with Crippen molar-refractivity contribution in [1.82, 2.24) is 4.90 Å². The monoisotopic (exact) mass is 312 g/mol. The Bertz CT molecular complexity index is 658. The number of nitrogens with zero attached hydrogens (tertiary/aromatic N) is 1. The molecule has 3 N–H and O–H groups in total. The average Bonchev–Trinajstić information content (AvgIpc) is 2.59. The van der Waals surface area contributed by atoms with Crippen molar-refractivity contribution in [3.63, 3.8) is 0 Å². The van der Waals surface area contributed by atoms with Crippen molar-refractivity contribution in [2.75, 3.05) is 7.05 Å².